The van der Waals surface area contributed by atoms with E-state index in [1.54, 1.807) is 30.3 Å². The lowest BCUT2D eigenvalue weighted by Gasteiger charge is -2.20. The maximum Gasteiger partial charge on any atom is 0.251 e. The quantitative estimate of drug-likeness (QED) is 0.673. The molecule has 7 heteroatoms. The molecular weight excluding hydrogens is 373 g/mol. The van der Waals surface area contributed by atoms with Gasteiger partial charge in [0.1, 0.15) is 5.82 Å². The summed E-state index contributed by atoms with van der Waals surface area (Å²) >= 11 is 0. The number of nitrogens with one attached hydrogen (secondary N) is 1. The molecule has 2 aromatic rings. The Morgan fingerprint density at radius 1 is 1.07 bits per heavy atom. The zero-order valence-electron chi connectivity index (χ0n) is 15.8. The molecule has 0 spiro atoms. The van der Waals surface area contributed by atoms with Crippen LogP contribution >= 0.6 is 0 Å². The van der Waals surface area contributed by atoms with Gasteiger partial charge in [-0.05, 0) is 60.9 Å². The number of carbonyl (C=O) groups is 3. The Bertz CT molecular complexity index is 919. The average Bonchev–Trinajstić information content (AvgIpc) is 3.52. The summed E-state index contributed by atoms with van der Waals surface area (Å²) in [5.74, 6) is -1.42. The van der Waals surface area contributed by atoms with E-state index in [-0.39, 0.29) is 30.8 Å². The Kier molecular flexibility index (Phi) is 6.39. The van der Waals surface area contributed by atoms with Crippen LogP contribution in [0.1, 0.15) is 35.2 Å². The number of carbonyl (C=O) groups excluding carboxylic acids is 3. The minimum absolute atomic E-state index is 0.0121. The van der Waals surface area contributed by atoms with Gasteiger partial charge in [-0.2, -0.15) is 0 Å². The number of amides is 3. The van der Waals surface area contributed by atoms with E-state index in [1.807, 2.05) is 0 Å². The highest BCUT2D eigenvalue weighted by atomic mass is 19.1. The van der Waals surface area contributed by atoms with Crippen molar-refractivity contribution in [1.29, 1.82) is 0 Å². The molecule has 6 nitrogen and oxygen atoms in total. The van der Waals surface area contributed by atoms with Gasteiger partial charge in [0.2, 0.25) is 5.91 Å². The van der Waals surface area contributed by atoms with E-state index >= 15 is 0 Å². The molecule has 0 heterocycles. The molecule has 3 amide bonds. The van der Waals surface area contributed by atoms with Crippen LogP contribution < -0.4 is 16.0 Å². The van der Waals surface area contributed by atoms with Gasteiger partial charge in [-0.15, -0.1) is 0 Å². The molecule has 150 valence electrons. The number of hydrogen-bond donors (Lipinski definition) is 2. The molecule has 0 radical (unpaired) electrons. The molecule has 3 N–H and O–H groups in total. The molecule has 1 saturated carbocycles. The van der Waals surface area contributed by atoms with Crippen LogP contribution in [0.4, 0.5) is 10.1 Å². The van der Waals surface area contributed by atoms with Crippen LogP contribution in [0.5, 0.6) is 0 Å². The third kappa shape index (κ3) is 6.00. The Morgan fingerprint density at radius 2 is 1.72 bits per heavy atom. The minimum atomic E-state index is -0.533. The number of anilines is 1. The van der Waals surface area contributed by atoms with Crippen LogP contribution in [0, 0.1) is 5.82 Å². The normalized spacial score (nSPS) is 13.3. The Morgan fingerprint density at radius 3 is 2.31 bits per heavy atom. The smallest absolute Gasteiger partial charge is 0.251 e. The van der Waals surface area contributed by atoms with E-state index < -0.39 is 11.7 Å². The van der Waals surface area contributed by atoms with Crippen molar-refractivity contribution in [2.45, 2.75) is 25.3 Å². The molecule has 1 aliphatic carbocycles. The molecule has 0 aliphatic heterocycles. The SMILES string of the molecule is NC(=O)CCN(C(=O)/C=C/c1ccc(C(=O)NC2CC2)cc1)c1ccc(F)cc1. The van der Waals surface area contributed by atoms with Gasteiger partial charge in [0, 0.05) is 36.3 Å². The minimum Gasteiger partial charge on any atom is -0.370 e. The van der Waals surface area contributed by atoms with Crippen LogP contribution in [0.15, 0.2) is 54.6 Å². The molecule has 0 unspecified atom stereocenters. The first-order valence-electron chi connectivity index (χ1n) is 9.37. The third-order valence-corrected chi connectivity index (χ3v) is 4.49. The standard InChI is InChI=1S/C22H22FN3O3/c23-17-6-10-19(11-7-17)26(14-13-20(24)27)21(28)12-3-15-1-4-16(5-2-15)22(29)25-18-8-9-18/h1-7,10-12,18H,8-9,13-14H2,(H2,24,27)(H,25,29)/b12-3+. The zero-order chi connectivity index (χ0) is 20.8. The summed E-state index contributed by atoms with van der Waals surface area (Å²) in [6.07, 6.45) is 5.01. The number of benzene rings is 2. The molecular formula is C22H22FN3O3. The molecule has 1 aliphatic rings. The first-order chi connectivity index (χ1) is 13.9. The molecule has 0 atom stereocenters. The van der Waals surface area contributed by atoms with E-state index in [4.69, 9.17) is 5.73 Å². The summed E-state index contributed by atoms with van der Waals surface area (Å²) in [6, 6.07) is 12.6. The third-order valence-electron chi connectivity index (χ3n) is 4.49. The van der Waals surface area contributed by atoms with Gasteiger partial charge in [0.05, 0.1) is 0 Å². The molecule has 0 bridgehead atoms. The van der Waals surface area contributed by atoms with Gasteiger partial charge in [-0.1, -0.05) is 12.1 Å². The van der Waals surface area contributed by atoms with Crippen molar-refractivity contribution in [3.8, 4) is 0 Å². The van der Waals surface area contributed by atoms with Gasteiger partial charge < -0.3 is 16.0 Å². The van der Waals surface area contributed by atoms with Crippen molar-refractivity contribution in [3.05, 3.63) is 71.6 Å². The fourth-order valence-corrected chi connectivity index (χ4v) is 2.71. The number of halogens is 1. The highest BCUT2D eigenvalue weighted by Gasteiger charge is 2.23. The van der Waals surface area contributed by atoms with E-state index in [2.05, 4.69) is 5.32 Å². The molecule has 29 heavy (non-hydrogen) atoms. The summed E-state index contributed by atoms with van der Waals surface area (Å²) in [7, 11) is 0. The lowest BCUT2D eigenvalue weighted by atomic mass is 10.1. The number of hydrogen-bond acceptors (Lipinski definition) is 3. The van der Waals surface area contributed by atoms with Crippen LogP contribution in [0.3, 0.4) is 0 Å². The largest absolute Gasteiger partial charge is 0.370 e. The predicted molar refractivity (Wildman–Crippen MR) is 109 cm³/mol. The maximum atomic E-state index is 13.2. The monoisotopic (exact) mass is 395 g/mol. The van der Waals surface area contributed by atoms with Crippen molar-refractivity contribution in [1.82, 2.24) is 5.32 Å². The fourth-order valence-electron chi connectivity index (χ4n) is 2.71. The van der Waals surface area contributed by atoms with Gasteiger partial charge in [-0.3, -0.25) is 14.4 Å². The molecule has 2 aromatic carbocycles. The fraction of sp³-hybridized carbons (Fsp3) is 0.227. The summed E-state index contributed by atoms with van der Waals surface area (Å²) in [4.78, 5) is 37.1. The highest BCUT2D eigenvalue weighted by Crippen LogP contribution is 2.20. The number of nitrogens with zero attached hydrogens (tertiary/aromatic N) is 1. The van der Waals surface area contributed by atoms with Crippen LogP contribution in [0.25, 0.3) is 6.08 Å². The van der Waals surface area contributed by atoms with E-state index in [9.17, 15) is 18.8 Å². The van der Waals surface area contributed by atoms with Crippen LogP contribution in [-0.4, -0.2) is 30.3 Å². The van der Waals surface area contributed by atoms with Gasteiger partial charge in [-0.25, -0.2) is 4.39 Å². The first-order valence-corrected chi connectivity index (χ1v) is 9.37. The average molecular weight is 395 g/mol. The maximum absolute atomic E-state index is 13.2. The van der Waals surface area contributed by atoms with Crippen molar-refractivity contribution >= 4 is 29.5 Å². The Balaban J connectivity index is 1.68. The summed E-state index contributed by atoms with van der Waals surface area (Å²) in [6.45, 7) is 0.0877. The molecule has 0 saturated heterocycles. The number of nitrogens with two attached hydrogens (primary N) is 1. The summed E-state index contributed by atoms with van der Waals surface area (Å²) in [5, 5.41) is 2.92. The van der Waals surface area contributed by atoms with Crippen molar-refractivity contribution in [2.24, 2.45) is 5.73 Å². The van der Waals surface area contributed by atoms with Crippen molar-refractivity contribution < 1.29 is 18.8 Å². The molecule has 0 aromatic heterocycles. The summed E-state index contributed by atoms with van der Waals surface area (Å²) < 4.78 is 13.2. The van der Waals surface area contributed by atoms with Gasteiger partial charge in [0.15, 0.2) is 0 Å². The number of primary amides is 1. The van der Waals surface area contributed by atoms with E-state index in [0.717, 1.165) is 18.4 Å². The van der Waals surface area contributed by atoms with Gasteiger partial charge in [0.25, 0.3) is 11.8 Å². The topological polar surface area (TPSA) is 92.5 Å². The van der Waals surface area contributed by atoms with E-state index in [0.29, 0.717) is 11.3 Å². The second-order valence-electron chi connectivity index (χ2n) is 6.89. The lowest BCUT2D eigenvalue weighted by molar-refractivity contribution is -0.118. The lowest BCUT2D eigenvalue weighted by Crippen LogP contribution is -2.32. The second-order valence-corrected chi connectivity index (χ2v) is 6.89. The van der Waals surface area contributed by atoms with Crippen LogP contribution in [-0.2, 0) is 9.59 Å². The van der Waals surface area contributed by atoms with Crippen LogP contribution in [0.2, 0.25) is 0 Å². The van der Waals surface area contributed by atoms with Crippen molar-refractivity contribution in [2.75, 3.05) is 11.4 Å². The van der Waals surface area contributed by atoms with Gasteiger partial charge >= 0.3 is 0 Å². The van der Waals surface area contributed by atoms with Crippen molar-refractivity contribution in [3.63, 3.8) is 0 Å². The van der Waals surface area contributed by atoms with E-state index in [1.165, 1.54) is 35.2 Å². The zero-order valence-corrected chi connectivity index (χ0v) is 15.8. The Hall–Kier alpha value is -3.48. The second kappa shape index (κ2) is 9.14. The predicted octanol–water partition coefficient (Wildman–Crippen LogP) is 2.64. The summed E-state index contributed by atoms with van der Waals surface area (Å²) in [5.41, 5.74) is 6.97. The number of rotatable bonds is 8. The highest BCUT2D eigenvalue weighted by molar-refractivity contribution is 6.04. The Labute approximate surface area is 168 Å². The molecule has 3 rings (SSSR count). The first kappa shape index (κ1) is 20.3. The molecule has 1 fully saturated rings.